The van der Waals surface area contributed by atoms with Crippen LogP contribution in [0.1, 0.15) is 35.9 Å². The highest BCUT2D eigenvalue weighted by Gasteiger charge is 2.26. The summed E-state index contributed by atoms with van der Waals surface area (Å²) in [4.78, 5) is 4.97. The topological polar surface area (TPSA) is 44.5 Å². The van der Waals surface area contributed by atoms with Gasteiger partial charge in [-0.05, 0) is 31.9 Å². The van der Waals surface area contributed by atoms with Crippen LogP contribution in [-0.4, -0.2) is 46.0 Å². The molecule has 25 heavy (non-hydrogen) atoms. The lowest BCUT2D eigenvalue weighted by Gasteiger charge is -2.30. The normalized spacial score (nSPS) is 18.3. The molecule has 1 aromatic carbocycles. The van der Waals surface area contributed by atoms with Gasteiger partial charge in [-0.1, -0.05) is 25.1 Å². The second-order valence-electron chi connectivity index (χ2n) is 7.07. The van der Waals surface area contributed by atoms with Crippen LogP contribution in [0.5, 0.6) is 0 Å². The number of aliphatic hydroxyl groups is 1. The summed E-state index contributed by atoms with van der Waals surface area (Å²) in [6.07, 6.45) is 1.13. The van der Waals surface area contributed by atoms with Crippen LogP contribution >= 0.6 is 0 Å². The predicted octanol–water partition coefficient (Wildman–Crippen LogP) is 2.72. The molecular weight excluding hydrogens is 312 g/mol. The molecule has 0 amide bonds. The van der Waals surface area contributed by atoms with E-state index in [4.69, 9.17) is 0 Å². The lowest BCUT2D eigenvalue weighted by Crippen LogP contribution is -2.39. The van der Waals surface area contributed by atoms with E-state index in [-0.39, 0.29) is 6.61 Å². The first kappa shape index (κ1) is 18.0. The number of anilines is 1. The average molecular weight is 342 g/mol. The Kier molecular flexibility index (Phi) is 5.45. The molecule has 1 atom stereocenters. The van der Waals surface area contributed by atoms with Crippen molar-refractivity contribution < 1.29 is 5.11 Å². The molecule has 1 unspecified atom stereocenters. The van der Waals surface area contributed by atoms with Gasteiger partial charge in [-0.2, -0.15) is 5.10 Å². The number of fused-ring (bicyclic) bond motifs is 1. The van der Waals surface area contributed by atoms with E-state index in [0.717, 1.165) is 31.7 Å². The molecule has 2 heterocycles. The van der Waals surface area contributed by atoms with E-state index in [1.54, 1.807) is 0 Å². The number of aliphatic hydroxyl groups excluding tert-OH is 1. The molecule has 2 aromatic rings. The largest absolute Gasteiger partial charge is 0.394 e. The van der Waals surface area contributed by atoms with E-state index in [0.29, 0.717) is 12.6 Å². The van der Waals surface area contributed by atoms with Crippen molar-refractivity contribution >= 4 is 5.69 Å². The number of benzene rings is 1. The Morgan fingerprint density at radius 2 is 2.00 bits per heavy atom. The second kappa shape index (κ2) is 7.58. The van der Waals surface area contributed by atoms with Crippen molar-refractivity contribution in [1.82, 2.24) is 14.7 Å². The Labute approximate surface area is 150 Å². The summed E-state index contributed by atoms with van der Waals surface area (Å²) in [5, 5.41) is 13.9. The van der Waals surface area contributed by atoms with Crippen molar-refractivity contribution in [3.05, 3.63) is 46.8 Å². The molecule has 0 fully saturated rings. The molecule has 0 saturated carbocycles. The summed E-state index contributed by atoms with van der Waals surface area (Å²) in [7, 11) is 2.20. The molecule has 1 N–H and O–H groups in total. The maximum atomic E-state index is 9.24. The number of hydrogen-bond acceptors (Lipinski definition) is 4. The minimum atomic E-state index is 0.126. The molecule has 1 aliphatic rings. The first-order chi connectivity index (χ1) is 12.0. The van der Waals surface area contributed by atoms with Gasteiger partial charge in [-0.25, -0.2) is 0 Å². The van der Waals surface area contributed by atoms with Gasteiger partial charge < -0.3 is 10.0 Å². The molecule has 0 bridgehead atoms. The minimum absolute atomic E-state index is 0.126. The number of likely N-dealkylation sites (N-methyl/N-ethyl adjacent to an activating group) is 1. The summed E-state index contributed by atoms with van der Waals surface area (Å²) in [5.41, 5.74) is 6.28. The maximum absolute atomic E-state index is 9.24. The van der Waals surface area contributed by atoms with Crippen LogP contribution in [-0.2, 0) is 19.6 Å². The van der Waals surface area contributed by atoms with Gasteiger partial charge in [0.15, 0.2) is 0 Å². The predicted molar refractivity (Wildman–Crippen MR) is 102 cm³/mol. The van der Waals surface area contributed by atoms with E-state index in [1.807, 2.05) is 4.68 Å². The van der Waals surface area contributed by atoms with Gasteiger partial charge in [0.05, 0.1) is 18.8 Å². The van der Waals surface area contributed by atoms with E-state index in [9.17, 15) is 5.11 Å². The van der Waals surface area contributed by atoms with Crippen molar-refractivity contribution in [2.75, 3.05) is 25.1 Å². The number of aryl methyl sites for hydroxylation is 1. The van der Waals surface area contributed by atoms with Crippen LogP contribution in [0.2, 0.25) is 0 Å². The highest BCUT2D eigenvalue weighted by Crippen LogP contribution is 2.29. The summed E-state index contributed by atoms with van der Waals surface area (Å²) in [6.45, 7) is 10.1. The molecule has 1 aliphatic heterocycles. The van der Waals surface area contributed by atoms with Gasteiger partial charge in [0.25, 0.3) is 0 Å². The Balaban J connectivity index is 1.90. The van der Waals surface area contributed by atoms with Crippen LogP contribution in [0.25, 0.3) is 0 Å². The van der Waals surface area contributed by atoms with Crippen LogP contribution in [0.15, 0.2) is 24.3 Å². The molecule has 0 aliphatic carbocycles. The van der Waals surface area contributed by atoms with Crippen LogP contribution < -0.4 is 4.90 Å². The summed E-state index contributed by atoms with van der Waals surface area (Å²) in [6, 6.07) is 9.23. The second-order valence-corrected chi connectivity index (χ2v) is 7.07. The highest BCUT2D eigenvalue weighted by atomic mass is 16.3. The van der Waals surface area contributed by atoms with E-state index in [1.165, 1.54) is 22.5 Å². The third-order valence-electron chi connectivity index (χ3n) is 5.45. The Bertz CT molecular complexity index is 724. The fraction of sp³-hybridized carbons (Fsp3) is 0.550. The third kappa shape index (κ3) is 3.58. The Morgan fingerprint density at radius 1 is 1.24 bits per heavy atom. The van der Waals surface area contributed by atoms with Gasteiger partial charge in [0.1, 0.15) is 0 Å². The molecule has 3 rings (SSSR count). The van der Waals surface area contributed by atoms with E-state index in [2.05, 4.69) is 67.0 Å². The van der Waals surface area contributed by atoms with Crippen LogP contribution in [0.4, 0.5) is 5.69 Å². The standard InChI is InChI=1S/C20H30N4O/c1-5-18-13-22(4)20-9-7-6-8-17(20)12-23(18)14-19-15(2)21-24(10-11-25)16(19)3/h6-9,18,25H,5,10-14H2,1-4H3. The molecule has 0 radical (unpaired) electrons. The van der Waals surface area contributed by atoms with Crippen molar-refractivity contribution in [1.29, 1.82) is 0 Å². The summed E-state index contributed by atoms with van der Waals surface area (Å²) >= 11 is 0. The number of hydrogen-bond donors (Lipinski definition) is 1. The lowest BCUT2D eigenvalue weighted by atomic mass is 10.1. The SMILES string of the molecule is CCC1CN(C)c2ccccc2CN1Cc1c(C)nn(CCO)c1C. The molecule has 0 spiro atoms. The molecular formula is C20H30N4O. The third-order valence-corrected chi connectivity index (χ3v) is 5.45. The Morgan fingerprint density at radius 3 is 2.72 bits per heavy atom. The smallest absolute Gasteiger partial charge is 0.0644 e. The van der Waals surface area contributed by atoms with Gasteiger partial charge in [0, 0.05) is 49.7 Å². The van der Waals surface area contributed by atoms with Crippen LogP contribution in [0.3, 0.4) is 0 Å². The number of nitrogens with zero attached hydrogens (tertiary/aromatic N) is 4. The zero-order chi connectivity index (χ0) is 18.0. The maximum Gasteiger partial charge on any atom is 0.0644 e. The fourth-order valence-electron chi connectivity index (χ4n) is 3.95. The summed E-state index contributed by atoms with van der Waals surface area (Å²) in [5.74, 6) is 0. The molecule has 1 aromatic heterocycles. The van der Waals surface area contributed by atoms with Gasteiger partial charge >= 0.3 is 0 Å². The number of aromatic nitrogens is 2. The Hall–Kier alpha value is -1.85. The van der Waals surface area contributed by atoms with Gasteiger partial charge in [-0.3, -0.25) is 9.58 Å². The number of para-hydroxylation sites is 1. The first-order valence-electron chi connectivity index (χ1n) is 9.22. The first-order valence-corrected chi connectivity index (χ1v) is 9.22. The average Bonchev–Trinajstić information content (AvgIpc) is 2.79. The van der Waals surface area contributed by atoms with Crippen molar-refractivity contribution in [2.24, 2.45) is 0 Å². The minimum Gasteiger partial charge on any atom is -0.394 e. The number of rotatable bonds is 5. The molecule has 5 nitrogen and oxygen atoms in total. The molecule has 5 heteroatoms. The van der Waals surface area contributed by atoms with E-state index < -0.39 is 0 Å². The zero-order valence-corrected chi connectivity index (χ0v) is 15.9. The monoisotopic (exact) mass is 342 g/mol. The van der Waals surface area contributed by atoms with Crippen molar-refractivity contribution in [3.8, 4) is 0 Å². The molecule has 0 saturated heterocycles. The lowest BCUT2D eigenvalue weighted by molar-refractivity contribution is 0.181. The quantitative estimate of drug-likeness (QED) is 0.907. The summed E-state index contributed by atoms with van der Waals surface area (Å²) < 4.78 is 1.93. The van der Waals surface area contributed by atoms with E-state index >= 15 is 0 Å². The van der Waals surface area contributed by atoms with Gasteiger partial charge in [-0.15, -0.1) is 0 Å². The highest BCUT2D eigenvalue weighted by molar-refractivity contribution is 5.54. The zero-order valence-electron chi connectivity index (χ0n) is 15.9. The van der Waals surface area contributed by atoms with Crippen molar-refractivity contribution in [3.63, 3.8) is 0 Å². The molecule has 136 valence electrons. The van der Waals surface area contributed by atoms with Gasteiger partial charge in [0.2, 0.25) is 0 Å². The fourth-order valence-corrected chi connectivity index (χ4v) is 3.95. The van der Waals surface area contributed by atoms with Crippen LogP contribution in [0, 0.1) is 13.8 Å². The van der Waals surface area contributed by atoms with Crippen molar-refractivity contribution in [2.45, 2.75) is 52.9 Å².